The van der Waals surface area contributed by atoms with Crippen molar-refractivity contribution in [3.8, 4) is 0 Å². The SMILES string of the molecule is CC(NC(=O)NCc1ccsc1Br)C1CCOCC1. The number of ether oxygens (including phenoxy) is 1. The number of carbonyl (C=O) groups is 1. The normalized spacial score (nSPS) is 18.0. The van der Waals surface area contributed by atoms with Crippen LogP contribution in [0.15, 0.2) is 15.2 Å². The molecule has 6 heteroatoms. The van der Waals surface area contributed by atoms with Gasteiger partial charge in [0.25, 0.3) is 0 Å². The van der Waals surface area contributed by atoms with E-state index in [1.54, 1.807) is 11.3 Å². The van der Waals surface area contributed by atoms with Crippen molar-refractivity contribution in [2.24, 2.45) is 5.92 Å². The lowest BCUT2D eigenvalue weighted by Gasteiger charge is -2.28. The standard InChI is InChI=1S/C13H19BrN2O2S/c1-9(10-2-5-18-6-3-10)16-13(17)15-8-11-4-7-19-12(11)14/h4,7,9-10H,2-3,5-6,8H2,1H3,(H2,15,16,17). The summed E-state index contributed by atoms with van der Waals surface area (Å²) < 4.78 is 6.41. The number of thiophene rings is 1. The highest BCUT2D eigenvalue weighted by molar-refractivity contribution is 9.11. The quantitative estimate of drug-likeness (QED) is 0.879. The summed E-state index contributed by atoms with van der Waals surface area (Å²) in [7, 11) is 0. The summed E-state index contributed by atoms with van der Waals surface area (Å²) in [6, 6.07) is 2.10. The Bertz CT molecular complexity index is 419. The summed E-state index contributed by atoms with van der Waals surface area (Å²) in [5.41, 5.74) is 1.11. The fraction of sp³-hybridized carbons (Fsp3) is 0.615. The molecule has 2 N–H and O–H groups in total. The summed E-state index contributed by atoms with van der Waals surface area (Å²) in [5, 5.41) is 7.91. The Morgan fingerprint density at radius 3 is 2.95 bits per heavy atom. The number of hydrogen-bond donors (Lipinski definition) is 2. The molecule has 2 heterocycles. The Labute approximate surface area is 126 Å². The Kier molecular flexibility index (Phi) is 5.66. The average molecular weight is 347 g/mol. The molecule has 1 aromatic rings. The van der Waals surface area contributed by atoms with Crippen LogP contribution in [-0.4, -0.2) is 25.3 Å². The van der Waals surface area contributed by atoms with Gasteiger partial charge in [-0.05, 0) is 58.6 Å². The number of amides is 2. The minimum Gasteiger partial charge on any atom is -0.381 e. The molecule has 0 radical (unpaired) electrons. The van der Waals surface area contributed by atoms with Gasteiger partial charge in [0.15, 0.2) is 0 Å². The van der Waals surface area contributed by atoms with Crippen LogP contribution in [0.3, 0.4) is 0 Å². The van der Waals surface area contributed by atoms with Gasteiger partial charge in [0, 0.05) is 25.8 Å². The largest absolute Gasteiger partial charge is 0.381 e. The number of halogens is 1. The van der Waals surface area contributed by atoms with E-state index in [0.29, 0.717) is 12.5 Å². The van der Waals surface area contributed by atoms with E-state index < -0.39 is 0 Å². The molecule has 19 heavy (non-hydrogen) atoms. The molecule has 0 spiro atoms. The predicted octanol–water partition coefficient (Wildman–Crippen LogP) is 3.12. The molecule has 0 bridgehead atoms. The van der Waals surface area contributed by atoms with Gasteiger partial charge >= 0.3 is 6.03 Å². The van der Waals surface area contributed by atoms with Crippen LogP contribution in [-0.2, 0) is 11.3 Å². The summed E-state index contributed by atoms with van der Waals surface area (Å²) in [6.45, 7) is 4.23. The first-order valence-corrected chi connectivity index (χ1v) is 8.18. The zero-order valence-corrected chi connectivity index (χ0v) is 13.4. The van der Waals surface area contributed by atoms with Gasteiger partial charge in [0.05, 0.1) is 3.79 Å². The maximum absolute atomic E-state index is 11.8. The van der Waals surface area contributed by atoms with Gasteiger partial charge < -0.3 is 15.4 Å². The lowest BCUT2D eigenvalue weighted by molar-refractivity contribution is 0.0571. The number of urea groups is 1. The highest BCUT2D eigenvalue weighted by atomic mass is 79.9. The van der Waals surface area contributed by atoms with Crippen molar-refractivity contribution in [2.45, 2.75) is 32.4 Å². The second-order valence-corrected chi connectivity index (χ2v) is 7.02. The first-order valence-electron chi connectivity index (χ1n) is 6.51. The average Bonchev–Trinajstić information content (AvgIpc) is 2.83. The minimum absolute atomic E-state index is 0.0999. The Morgan fingerprint density at radius 2 is 2.32 bits per heavy atom. The van der Waals surface area contributed by atoms with E-state index in [1.807, 2.05) is 11.4 Å². The van der Waals surface area contributed by atoms with E-state index in [4.69, 9.17) is 4.74 Å². The predicted molar refractivity (Wildman–Crippen MR) is 80.4 cm³/mol. The molecule has 4 nitrogen and oxygen atoms in total. The number of carbonyl (C=O) groups excluding carboxylic acids is 1. The number of nitrogens with one attached hydrogen (secondary N) is 2. The van der Waals surface area contributed by atoms with Crippen LogP contribution in [0.25, 0.3) is 0 Å². The molecule has 2 amide bonds. The van der Waals surface area contributed by atoms with Crippen LogP contribution < -0.4 is 10.6 Å². The number of hydrogen-bond acceptors (Lipinski definition) is 3. The fourth-order valence-corrected chi connectivity index (χ4v) is 3.45. The van der Waals surface area contributed by atoms with Crippen molar-refractivity contribution in [1.29, 1.82) is 0 Å². The van der Waals surface area contributed by atoms with Crippen LogP contribution >= 0.6 is 27.3 Å². The van der Waals surface area contributed by atoms with Crippen molar-refractivity contribution in [3.05, 3.63) is 20.8 Å². The van der Waals surface area contributed by atoms with Gasteiger partial charge in [0.2, 0.25) is 0 Å². The Morgan fingerprint density at radius 1 is 1.58 bits per heavy atom. The van der Waals surface area contributed by atoms with Crippen molar-refractivity contribution in [2.75, 3.05) is 13.2 Å². The Balaban J connectivity index is 1.73. The maximum atomic E-state index is 11.8. The van der Waals surface area contributed by atoms with Crippen LogP contribution in [0, 0.1) is 5.92 Å². The second kappa shape index (κ2) is 7.26. The number of rotatable bonds is 4. The van der Waals surface area contributed by atoms with Gasteiger partial charge in [0.1, 0.15) is 0 Å². The summed E-state index contributed by atoms with van der Waals surface area (Å²) >= 11 is 5.09. The third-order valence-electron chi connectivity index (χ3n) is 3.46. The van der Waals surface area contributed by atoms with Gasteiger partial charge in [-0.1, -0.05) is 0 Å². The molecule has 1 aromatic heterocycles. The van der Waals surface area contributed by atoms with Gasteiger partial charge in [-0.25, -0.2) is 4.79 Å². The van der Waals surface area contributed by atoms with Gasteiger partial charge in [-0.3, -0.25) is 0 Å². The third kappa shape index (κ3) is 4.47. The van der Waals surface area contributed by atoms with E-state index in [1.165, 1.54) is 0 Å². The van der Waals surface area contributed by atoms with E-state index >= 15 is 0 Å². The third-order valence-corrected chi connectivity index (χ3v) is 5.28. The molecule has 1 atom stereocenters. The summed E-state index contributed by atoms with van der Waals surface area (Å²) in [4.78, 5) is 11.8. The highest BCUT2D eigenvalue weighted by Gasteiger charge is 2.21. The first kappa shape index (κ1) is 14.8. The van der Waals surface area contributed by atoms with Crippen molar-refractivity contribution in [1.82, 2.24) is 10.6 Å². The molecule has 0 saturated carbocycles. The summed E-state index contributed by atoms with van der Waals surface area (Å²) in [5.74, 6) is 0.521. The molecule has 1 fully saturated rings. The fourth-order valence-electron chi connectivity index (χ4n) is 2.21. The summed E-state index contributed by atoms with van der Waals surface area (Å²) in [6.07, 6.45) is 2.05. The molecule has 2 rings (SSSR count). The molecule has 1 unspecified atom stereocenters. The minimum atomic E-state index is -0.0999. The molecule has 1 aliphatic rings. The molecular weight excluding hydrogens is 328 g/mol. The first-order chi connectivity index (χ1) is 9.16. The van der Waals surface area contributed by atoms with Crippen LogP contribution in [0.5, 0.6) is 0 Å². The molecule has 1 aliphatic heterocycles. The van der Waals surface area contributed by atoms with E-state index in [9.17, 15) is 4.79 Å². The maximum Gasteiger partial charge on any atom is 0.315 e. The topological polar surface area (TPSA) is 50.4 Å². The Hall–Kier alpha value is -0.590. The van der Waals surface area contributed by atoms with E-state index in [0.717, 1.165) is 35.4 Å². The van der Waals surface area contributed by atoms with Crippen molar-refractivity contribution >= 4 is 33.3 Å². The van der Waals surface area contributed by atoms with Crippen molar-refractivity contribution < 1.29 is 9.53 Å². The van der Waals surface area contributed by atoms with Gasteiger partial charge in [-0.2, -0.15) is 0 Å². The molecule has 106 valence electrons. The van der Waals surface area contributed by atoms with Crippen LogP contribution in [0.1, 0.15) is 25.3 Å². The zero-order chi connectivity index (χ0) is 13.7. The second-order valence-electron chi connectivity index (χ2n) is 4.79. The molecular formula is C13H19BrN2O2S. The zero-order valence-electron chi connectivity index (χ0n) is 10.9. The lowest BCUT2D eigenvalue weighted by Crippen LogP contribution is -2.45. The molecule has 0 aliphatic carbocycles. The molecule has 1 saturated heterocycles. The van der Waals surface area contributed by atoms with Crippen LogP contribution in [0.4, 0.5) is 4.79 Å². The van der Waals surface area contributed by atoms with Crippen LogP contribution in [0.2, 0.25) is 0 Å². The van der Waals surface area contributed by atoms with E-state index in [-0.39, 0.29) is 12.1 Å². The van der Waals surface area contributed by atoms with E-state index in [2.05, 4.69) is 33.5 Å². The highest BCUT2D eigenvalue weighted by Crippen LogP contribution is 2.23. The monoisotopic (exact) mass is 346 g/mol. The lowest BCUT2D eigenvalue weighted by atomic mass is 9.93. The smallest absolute Gasteiger partial charge is 0.315 e. The molecule has 0 aromatic carbocycles. The van der Waals surface area contributed by atoms with Crippen molar-refractivity contribution in [3.63, 3.8) is 0 Å². The van der Waals surface area contributed by atoms with Gasteiger partial charge in [-0.15, -0.1) is 11.3 Å².